The normalized spacial score (nSPS) is 14.1. The molecule has 1 aliphatic rings. The first-order chi connectivity index (χ1) is 16.9. The largest absolute Gasteiger partial charge is 0.493 e. The van der Waals surface area contributed by atoms with Crippen LogP contribution in [0.4, 0.5) is 5.69 Å². The number of amides is 2. The van der Waals surface area contributed by atoms with E-state index in [4.69, 9.17) is 18.6 Å². The number of methoxy groups -OCH3 is 3. The van der Waals surface area contributed by atoms with E-state index in [0.717, 1.165) is 11.1 Å². The van der Waals surface area contributed by atoms with Crippen molar-refractivity contribution in [3.63, 3.8) is 0 Å². The summed E-state index contributed by atoms with van der Waals surface area (Å²) >= 11 is 0. The predicted molar refractivity (Wildman–Crippen MR) is 129 cm³/mol. The van der Waals surface area contributed by atoms with Crippen LogP contribution in [0, 0.1) is 0 Å². The lowest BCUT2D eigenvalue weighted by atomic mass is 9.95. The van der Waals surface area contributed by atoms with Gasteiger partial charge < -0.3 is 29.3 Å². The fraction of sp³-hybridized carbons (Fsp3) is 0.269. The van der Waals surface area contributed by atoms with Gasteiger partial charge in [-0.15, -0.1) is 0 Å². The van der Waals surface area contributed by atoms with Crippen molar-refractivity contribution in [1.29, 1.82) is 0 Å². The maximum absolute atomic E-state index is 13.2. The molecule has 0 saturated heterocycles. The van der Waals surface area contributed by atoms with Crippen LogP contribution in [0.1, 0.15) is 41.1 Å². The molecule has 182 valence electrons. The van der Waals surface area contributed by atoms with Crippen LogP contribution in [0.25, 0.3) is 11.1 Å². The second-order valence-electron chi connectivity index (χ2n) is 8.03. The Morgan fingerprint density at radius 1 is 1.03 bits per heavy atom. The van der Waals surface area contributed by atoms with Gasteiger partial charge in [0.1, 0.15) is 0 Å². The van der Waals surface area contributed by atoms with E-state index in [0.29, 0.717) is 41.2 Å². The molecule has 3 aromatic rings. The summed E-state index contributed by atoms with van der Waals surface area (Å²) in [5, 5.41) is 5.56. The van der Waals surface area contributed by atoms with E-state index >= 15 is 0 Å². The van der Waals surface area contributed by atoms with Gasteiger partial charge in [-0.3, -0.25) is 14.4 Å². The highest BCUT2D eigenvalue weighted by molar-refractivity contribution is 6.02. The maximum Gasteiger partial charge on any atom is 0.291 e. The minimum atomic E-state index is -0.545. The van der Waals surface area contributed by atoms with Crippen molar-refractivity contribution in [3.05, 3.63) is 69.8 Å². The van der Waals surface area contributed by atoms with Crippen molar-refractivity contribution in [1.82, 2.24) is 5.32 Å². The minimum absolute atomic E-state index is 0.0713. The lowest BCUT2D eigenvalue weighted by Crippen LogP contribution is -2.26. The summed E-state index contributed by atoms with van der Waals surface area (Å²) in [6, 6.07) is 9.25. The molecule has 0 radical (unpaired) electrons. The molecule has 0 saturated carbocycles. The average Bonchev–Trinajstić information content (AvgIpc) is 3.29. The van der Waals surface area contributed by atoms with Crippen molar-refractivity contribution in [3.8, 4) is 28.4 Å². The van der Waals surface area contributed by atoms with Crippen molar-refractivity contribution in [2.24, 2.45) is 0 Å². The van der Waals surface area contributed by atoms with Crippen LogP contribution in [0.15, 0.2) is 51.9 Å². The molecule has 2 aromatic carbocycles. The number of hydrogen-bond donors (Lipinski definition) is 2. The number of furan rings is 1. The summed E-state index contributed by atoms with van der Waals surface area (Å²) in [5.41, 5.74) is 2.57. The molecule has 0 bridgehead atoms. The zero-order valence-electron chi connectivity index (χ0n) is 19.9. The molecule has 4 rings (SSSR count). The van der Waals surface area contributed by atoms with Gasteiger partial charge in [-0.1, -0.05) is 6.07 Å². The Morgan fingerprint density at radius 3 is 2.43 bits per heavy atom. The zero-order chi connectivity index (χ0) is 25.1. The summed E-state index contributed by atoms with van der Waals surface area (Å²) in [4.78, 5) is 37.7. The molecule has 9 heteroatoms. The van der Waals surface area contributed by atoms with Crippen LogP contribution >= 0.6 is 0 Å². The molecule has 35 heavy (non-hydrogen) atoms. The van der Waals surface area contributed by atoms with E-state index < -0.39 is 17.4 Å². The second-order valence-corrected chi connectivity index (χ2v) is 8.03. The van der Waals surface area contributed by atoms with E-state index in [1.165, 1.54) is 45.6 Å². The highest BCUT2D eigenvalue weighted by Crippen LogP contribution is 2.50. The number of ether oxygens (including phenoxy) is 3. The van der Waals surface area contributed by atoms with Crippen LogP contribution in [-0.2, 0) is 11.2 Å². The topological polar surface area (TPSA) is 116 Å². The van der Waals surface area contributed by atoms with Crippen LogP contribution in [0.5, 0.6) is 17.2 Å². The average molecular weight is 479 g/mol. The molecule has 2 amide bonds. The molecule has 2 N–H and O–H groups in total. The Morgan fingerprint density at radius 2 is 1.80 bits per heavy atom. The highest BCUT2D eigenvalue weighted by atomic mass is 16.5. The monoisotopic (exact) mass is 478 g/mol. The lowest BCUT2D eigenvalue weighted by molar-refractivity contribution is -0.119. The predicted octanol–water partition coefficient (Wildman–Crippen LogP) is 3.71. The molecule has 1 heterocycles. The number of carbonyl (C=O) groups is 2. The first-order valence-corrected chi connectivity index (χ1v) is 11.0. The van der Waals surface area contributed by atoms with Crippen LogP contribution in [0.2, 0.25) is 0 Å². The fourth-order valence-electron chi connectivity index (χ4n) is 4.40. The Bertz CT molecular complexity index is 1330. The summed E-state index contributed by atoms with van der Waals surface area (Å²) in [5.74, 6) is 0.691. The Labute approximate surface area is 202 Å². The van der Waals surface area contributed by atoms with Gasteiger partial charge in [0.15, 0.2) is 17.3 Å². The zero-order valence-corrected chi connectivity index (χ0v) is 19.9. The molecule has 0 aliphatic heterocycles. The van der Waals surface area contributed by atoms with Crippen LogP contribution in [-0.4, -0.2) is 33.1 Å². The van der Waals surface area contributed by atoms with Gasteiger partial charge in [0, 0.05) is 12.5 Å². The summed E-state index contributed by atoms with van der Waals surface area (Å²) in [6.07, 6.45) is 2.50. The van der Waals surface area contributed by atoms with E-state index in [1.54, 1.807) is 19.2 Å². The number of rotatable bonds is 6. The van der Waals surface area contributed by atoms with Crippen molar-refractivity contribution in [2.75, 3.05) is 26.6 Å². The second kappa shape index (κ2) is 9.92. The third-order valence-corrected chi connectivity index (χ3v) is 5.91. The molecular formula is C26H26N2O7. The highest BCUT2D eigenvalue weighted by Gasteiger charge is 2.29. The van der Waals surface area contributed by atoms with E-state index in [1.807, 2.05) is 6.07 Å². The molecular weight excluding hydrogens is 452 g/mol. The van der Waals surface area contributed by atoms with Gasteiger partial charge in [-0.25, -0.2) is 0 Å². The van der Waals surface area contributed by atoms with Crippen molar-refractivity contribution >= 4 is 17.5 Å². The quantitative estimate of drug-likeness (QED) is 0.555. The number of hydrogen-bond acceptors (Lipinski definition) is 7. The van der Waals surface area contributed by atoms with Gasteiger partial charge in [-0.05, 0) is 59.9 Å². The number of aryl methyl sites for hydroxylation is 1. The molecule has 1 atom stereocenters. The standard InChI is InChI=1S/C26H26N2O7/c1-14(29)27-18-9-7-15-12-22(32-2)24(33-3)25(34-4)23(15)16-8-10-19(20(30)13-17(16)18)28-26(31)21-6-5-11-35-21/h5-6,8,10-13,18H,7,9H2,1-4H3,(H,27,29)(H,28,30,31)/t18-/m0/s1. The first kappa shape index (κ1) is 23.9. The number of benzene rings is 1. The SMILES string of the molecule is COc1cc2c(c(OC)c1OC)-c1ccc(NC(=O)c3ccco3)c(=O)cc1[C@@H](NC(C)=O)CC2. The molecule has 0 fully saturated rings. The van der Waals surface area contributed by atoms with Gasteiger partial charge in [-0.2, -0.15) is 0 Å². The number of nitrogens with one attached hydrogen (secondary N) is 2. The van der Waals surface area contributed by atoms with Crippen molar-refractivity contribution < 1.29 is 28.2 Å². The Kier molecular flexibility index (Phi) is 6.77. The van der Waals surface area contributed by atoms with Crippen LogP contribution < -0.4 is 30.3 Å². The van der Waals surface area contributed by atoms with Gasteiger partial charge in [0.2, 0.25) is 17.1 Å². The van der Waals surface area contributed by atoms with E-state index in [-0.39, 0.29) is 17.4 Å². The van der Waals surface area contributed by atoms with Gasteiger partial charge in [0.05, 0.1) is 39.3 Å². The minimum Gasteiger partial charge on any atom is -0.493 e. The summed E-state index contributed by atoms with van der Waals surface area (Å²) in [7, 11) is 4.60. The molecule has 9 nitrogen and oxygen atoms in total. The number of anilines is 1. The van der Waals surface area contributed by atoms with E-state index in [9.17, 15) is 14.4 Å². The van der Waals surface area contributed by atoms with E-state index in [2.05, 4.69) is 10.6 Å². The molecule has 1 aliphatic carbocycles. The molecule has 1 aromatic heterocycles. The van der Waals surface area contributed by atoms with Crippen molar-refractivity contribution in [2.45, 2.75) is 25.8 Å². The molecule has 0 unspecified atom stereocenters. The smallest absolute Gasteiger partial charge is 0.291 e. The molecule has 0 spiro atoms. The third-order valence-electron chi connectivity index (χ3n) is 5.91. The first-order valence-electron chi connectivity index (χ1n) is 11.0. The maximum atomic E-state index is 13.2. The fourth-order valence-corrected chi connectivity index (χ4v) is 4.40. The Hall–Kier alpha value is -4.27. The van der Waals surface area contributed by atoms with Crippen LogP contribution in [0.3, 0.4) is 0 Å². The lowest BCUT2D eigenvalue weighted by Gasteiger charge is -2.19. The summed E-state index contributed by atoms with van der Waals surface area (Å²) < 4.78 is 22.0. The number of fused-ring (bicyclic) bond motifs is 3. The number of carbonyl (C=O) groups excluding carboxylic acids is 2. The Balaban J connectivity index is 1.96. The third kappa shape index (κ3) is 4.57. The van der Waals surface area contributed by atoms with Gasteiger partial charge >= 0.3 is 0 Å². The van der Waals surface area contributed by atoms with Gasteiger partial charge in [0.25, 0.3) is 5.91 Å². The summed E-state index contributed by atoms with van der Waals surface area (Å²) in [6.45, 7) is 1.43.